The lowest BCUT2D eigenvalue weighted by Gasteiger charge is -2.34. The standard InChI is InChI=1S/C16H30N4O4S/c1-3-18-10-12-19(13-11-18)15(21)4-7-17-16(22)14-5-8-20(9-6-14)25(2,23)24/h14H,3-13H2,1-2H3,(H,17,22). The van der Waals surface area contributed by atoms with E-state index in [-0.39, 0.29) is 17.7 Å². The van der Waals surface area contributed by atoms with E-state index in [1.165, 1.54) is 10.6 Å². The molecule has 2 fully saturated rings. The van der Waals surface area contributed by atoms with Crippen molar-refractivity contribution in [3.05, 3.63) is 0 Å². The van der Waals surface area contributed by atoms with Crippen LogP contribution in [0.2, 0.25) is 0 Å². The van der Waals surface area contributed by atoms with Gasteiger partial charge in [0.2, 0.25) is 21.8 Å². The van der Waals surface area contributed by atoms with Crippen LogP contribution in [0.25, 0.3) is 0 Å². The number of piperazine rings is 1. The summed E-state index contributed by atoms with van der Waals surface area (Å²) < 4.78 is 24.4. The first-order chi connectivity index (χ1) is 11.8. The minimum absolute atomic E-state index is 0.0725. The van der Waals surface area contributed by atoms with Gasteiger partial charge in [-0.05, 0) is 19.4 Å². The Morgan fingerprint density at radius 2 is 1.64 bits per heavy atom. The second kappa shape index (κ2) is 8.95. The molecular formula is C16H30N4O4S. The highest BCUT2D eigenvalue weighted by Crippen LogP contribution is 2.19. The molecule has 2 aliphatic heterocycles. The molecule has 1 N–H and O–H groups in total. The third-order valence-corrected chi connectivity index (χ3v) is 6.41. The van der Waals surface area contributed by atoms with Crippen molar-refractivity contribution in [2.24, 2.45) is 5.92 Å². The monoisotopic (exact) mass is 374 g/mol. The van der Waals surface area contributed by atoms with Gasteiger partial charge in [0, 0.05) is 58.2 Å². The highest BCUT2D eigenvalue weighted by Gasteiger charge is 2.29. The van der Waals surface area contributed by atoms with Crippen LogP contribution in [0.5, 0.6) is 0 Å². The summed E-state index contributed by atoms with van der Waals surface area (Å²) in [6.07, 6.45) is 2.58. The number of nitrogens with zero attached hydrogens (tertiary/aromatic N) is 3. The molecule has 144 valence electrons. The topological polar surface area (TPSA) is 90.0 Å². The van der Waals surface area contributed by atoms with Crippen LogP contribution in [0, 0.1) is 5.92 Å². The predicted octanol–water partition coefficient (Wildman–Crippen LogP) is -0.672. The van der Waals surface area contributed by atoms with Gasteiger partial charge in [-0.2, -0.15) is 0 Å². The average Bonchev–Trinajstić information content (AvgIpc) is 2.61. The Kier molecular flexibility index (Phi) is 7.21. The van der Waals surface area contributed by atoms with Crippen molar-refractivity contribution < 1.29 is 18.0 Å². The zero-order valence-electron chi connectivity index (χ0n) is 15.2. The summed E-state index contributed by atoms with van der Waals surface area (Å²) in [6, 6.07) is 0. The van der Waals surface area contributed by atoms with Crippen LogP contribution in [0.3, 0.4) is 0 Å². The summed E-state index contributed by atoms with van der Waals surface area (Å²) >= 11 is 0. The molecule has 0 atom stereocenters. The molecule has 0 unspecified atom stereocenters. The number of piperidine rings is 1. The van der Waals surface area contributed by atoms with Crippen LogP contribution in [-0.2, 0) is 19.6 Å². The lowest BCUT2D eigenvalue weighted by molar-refractivity contribution is -0.133. The Morgan fingerprint density at radius 1 is 1.04 bits per heavy atom. The molecule has 2 saturated heterocycles. The SMILES string of the molecule is CCN1CCN(C(=O)CCNC(=O)C2CCN(S(C)(=O)=O)CC2)CC1. The van der Waals surface area contributed by atoms with Gasteiger partial charge < -0.3 is 15.1 Å². The highest BCUT2D eigenvalue weighted by molar-refractivity contribution is 7.88. The fourth-order valence-electron chi connectivity index (χ4n) is 3.36. The fourth-order valence-corrected chi connectivity index (χ4v) is 4.23. The van der Waals surface area contributed by atoms with Gasteiger partial charge in [0.15, 0.2) is 0 Å². The first-order valence-corrected chi connectivity index (χ1v) is 10.9. The van der Waals surface area contributed by atoms with E-state index in [1.54, 1.807) is 0 Å². The third-order valence-electron chi connectivity index (χ3n) is 5.10. The van der Waals surface area contributed by atoms with Crippen LogP contribution in [0.15, 0.2) is 0 Å². The number of hydrogen-bond acceptors (Lipinski definition) is 5. The van der Waals surface area contributed by atoms with Crippen LogP contribution in [-0.4, -0.2) is 93.0 Å². The van der Waals surface area contributed by atoms with Crippen LogP contribution in [0.4, 0.5) is 0 Å². The lowest BCUT2D eigenvalue weighted by atomic mass is 9.97. The molecule has 8 nitrogen and oxygen atoms in total. The summed E-state index contributed by atoms with van der Waals surface area (Å²) in [5.74, 6) is -0.152. The number of carbonyl (C=O) groups is 2. The maximum Gasteiger partial charge on any atom is 0.224 e. The average molecular weight is 375 g/mol. The molecule has 0 aliphatic carbocycles. The van der Waals surface area contributed by atoms with Crippen molar-refractivity contribution in [1.29, 1.82) is 0 Å². The molecule has 2 heterocycles. The summed E-state index contributed by atoms with van der Waals surface area (Å²) in [4.78, 5) is 28.5. The second-order valence-electron chi connectivity index (χ2n) is 6.79. The molecule has 2 rings (SSSR count). The van der Waals surface area contributed by atoms with E-state index < -0.39 is 10.0 Å². The van der Waals surface area contributed by atoms with Gasteiger partial charge in [-0.25, -0.2) is 12.7 Å². The first-order valence-electron chi connectivity index (χ1n) is 9.04. The van der Waals surface area contributed by atoms with Crippen molar-refractivity contribution in [1.82, 2.24) is 19.4 Å². The Balaban J connectivity index is 1.65. The molecule has 0 spiro atoms. The summed E-state index contributed by atoms with van der Waals surface area (Å²) in [7, 11) is -3.17. The Hall–Kier alpha value is -1.19. The highest BCUT2D eigenvalue weighted by atomic mass is 32.2. The minimum atomic E-state index is -3.17. The molecule has 0 aromatic carbocycles. The van der Waals surface area contributed by atoms with E-state index in [4.69, 9.17) is 0 Å². The molecule has 25 heavy (non-hydrogen) atoms. The number of sulfonamides is 1. The molecule has 0 aromatic rings. The smallest absolute Gasteiger partial charge is 0.224 e. The van der Waals surface area contributed by atoms with Crippen molar-refractivity contribution in [2.45, 2.75) is 26.2 Å². The van der Waals surface area contributed by atoms with E-state index in [9.17, 15) is 18.0 Å². The molecule has 0 radical (unpaired) electrons. The molecule has 2 aliphatic rings. The van der Waals surface area contributed by atoms with Gasteiger partial charge in [-0.15, -0.1) is 0 Å². The summed E-state index contributed by atoms with van der Waals surface area (Å²) in [6.45, 7) is 7.58. The number of nitrogens with one attached hydrogen (secondary N) is 1. The number of amides is 2. The largest absolute Gasteiger partial charge is 0.355 e. The predicted molar refractivity (Wildman–Crippen MR) is 95.5 cm³/mol. The van der Waals surface area contributed by atoms with Crippen molar-refractivity contribution in [2.75, 3.05) is 58.6 Å². The second-order valence-corrected chi connectivity index (χ2v) is 8.77. The Labute approximate surface area is 150 Å². The molecule has 2 amide bonds. The van der Waals surface area contributed by atoms with E-state index in [0.29, 0.717) is 38.9 Å². The van der Waals surface area contributed by atoms with E-state index in [1.807, 2.05) is 4.90 Å². The quantitative estimate of drug-likeness (QED) is 0.666. The van der Waals surface area contributed by atoms with E-state index >= 15 is 0 Å². The zero-order chi connectivity index (χ0) is 18.4. The lowest BCUT2D eigenvalue weighted by Crippen LogP contribution is -2.49. The van der Waals surface area contributed by atoms with Gasteiger partial charge in [-0.3, -0.25) is 9.59 Å². The first kappa shape index (κ1) is 20.1. The number of hydrogen-bond donors (Lipinski definition) is 1. The van der Waals surface area contributed by atoms with Crippen LogP contribution < -0.4 is 5.32 Å². The van der Waals surface area contributed by atoms with Crippen molar-refractivity contribution in [3.63, 3.8) is 0 Å². The van der Waals surface area contributed by atoms with Gasteiger partial charge in [0.25, 0.3) is 0 Å². The Morgan fingerprint density at radius 3 is 2.16 bits per heavy atom. The number of likely N-dealkylation sites (N-methyl/N-ethyl adjacent to an activating group) is 1. The van der Waals surface area contributed by atoms with E-state index in [2.05, 4.69) is 17.1 Å². The Bertz CT molecular complexity index is 565. The number of carbonyl (C=O) groups excluding carboxylic acids is 2. The molecule has 0 saturated carbocycles. The molecule has 0 aromatic heterocycles. The van der Waals surface area contributed by atoms with Gasteiger partial charge in [0.05, 0.1) is 6.26 Å². The maximum atomic E-state index is 12.2. The summed E-state index contributed by atoms with van der Waals surface area (Å²) in [5, 5.41) is 2.83. The van der Waals surface area contributed by atoms with Crippen molar-refractivity contribution >= 4 is 21.8 Å². The van der Waals surface area contributed by atoms with Crippen LogP contribution >= 0.6 is 0 Å². The minimum Gasteiger partial charge on any atom is -0.355 e. The van der Waals surface area contributed by atoms with Gasteiger partial charge >= 0.3 is 0 Å². The van der Waals surface area contributed by atoms with Gasteiger partial charge in [0.1, 0.15) is 0 Å². The summed E-state index contributed by atoms with van der Waals surface area (Å²) in [5.41, 5.74) is 0. The van der Waals surface area contributed by atoms with Gasteiger partial charge in [-0.1, -0.05) is 6.92 Å². The molecular weight excluding hydrogens is 344 g/mol. The normalized spacial score (nSPS) is 21.3. The molecule has 9 heteroatoms. The van der Waals surface area contributed by atoms with Crippen molar-refractivity contribution in [3.8, 4) is 0 Å². The maximum absolute atomic E-state index is 12.2. The third kappa shape index (κ3) is 5.93. The fraction of sp³-hybridized carbons (Fsp3) is 0.875. The van der Waals surface area contributed by atoms with E-state index in [0.717, 1.165) is 32.7 Å². The van der Waals surface area contributed by atoms with Crippen LogP contribution in [0.1, 0.15) is 26.2 Å². The zero-order valence-corrected chi connectivity index (χ0v) is 16.1. The molecule has 0 bridgehead atoms. The number of rotatable bonds is 6.